The predicted molar refractivity (Wildman–Crippen MR) is 83.7 cm³/mol. The fourth-order valence-corrected chi connectivity index (χ4v) is 2.97. The second-order valence-corrected chi connectivity index (χ2v) is 5.89. The van der Waals surface area contributed by atoms with Crippen molar-refractivity contribution in [3.8, 4) is 0 Å². The molecule has 0 bridgehead atoms. The highest BCUT2D eigenvalue weighted by Crippen LogP contribution is 2.22. The number of Topliss-reactive ketones (excluding diaryl/α,β-unsaturated/α-hetero) is 1. The molecule has 0 aliphatic heterocycles. The predicted octanol–water partition coefficient (Wildman–Crippen LogP) is 3.21. The number of hydrogen-bond donors (Lipinski definition) is 0. The van der Waals surface area contributed by atoms with Crippen molar-refractivity contribution < 1.29 is 18.8 Å². The molecular formula is C18H19NO4. The van der Waals surface area contributed by atoms with Crippen LogP contribution >= 0.6 is 0 Å². The highest BCUT2D eigenvalue weighted by Gasteiger charge is 2.20. The van der Waals surface area contributed by atoms with E-state index in [1.165, 1.54) is 17.5 Å². The molecule has 0 atom stereocenters. The summed E-state index contributed by atoms with van der Waals surface area (Å²) in [7, 11) is 0. The maximum absolute atomic E-state index is 12.3. The van der Waals surface area contributed by atoms with Crippen molar-refractivity contribution in [2.45, 2.75) is 39.5 Å². The van der Waals surface area contributed by atoms with E-state index in [1.54, 1.807) is 13.8 Å². The summed E-state index contributed by atoms with van der Waals surface area (Å²) in [5.74, 6) is -0.375. The van der Waals surface area contributed by atoms with Gasteiger partial charge >= 0.3 is 5.97 Å². The van der Waals surface area contributed by atoms with Gasteiger partial charge in [0.1, 0.15) is 11.3 Å². The molecule has 1 aromatic carbocycles. The van der Waals surface area contributed by atoms with Gasteiger partial charge in [0, 0.05) is 5.56 Å². The Kier molecular flexibility index (Phi) is 4.28. The fourth-order valence-electron chi connectivity index (χ4n) is 2.97. The van der Waals surface area contributed by atoms with Gasteiger partial charge < -0.3 is 9.26 Å². The van der Waals surface area contributed by atoms with Crippen LogP contribution in [0.4, 0.5) is 0 Å². The first-order valence-electron chi connectivity index (χ1n) is 7.81. The molecule has 0 N–H and O–H groups in total. The van der Waals surface area contributed by atoms with E-state index in [1.807, 2.05) is 18.2 Å². The summed E-state index contributed by atoms with van der Waals surface area (Å²) in [5, 5.41) is 3.71. The van der Waals surface area contributed by atoms with Gasteiger partial charge in [0.2, 0.25) is 0 Å². The number of hydrogen-bond acceptors (Lipinski definition) is 5. The summed E-state index contributed by atoms with van der Waals surface area (Å²) in [6.45, 7) is 3.03. The van der Waals surface area contributed by atoms with Crippen molar-refractivity contribution in [2.75, 3.05) is 6.61 Å². The lowest BCUT2D eigenvalue weighted by atomic mass is 9.90. The van der Waals surface area contributed by atoms with E-state index in [-0.39, 0.29) is 12.4 Å². The molecule has 0 saturated heterocycles. The number of carbonyl (C=O) groups is 2. The van der Waals surface area contributed by atoms with Crippen molar-refractivity contribution in [3.05, 3.63) is 51.9 Å². The zero-order chi connectivity index (χ0) is 16.4. The molecular weight excluding hydrogens is 294 g/mol. The van der Waals surface area contributed by atoms with Crippen LogP contribution in [0.1, 0.15) is 56.1 Å². The normalized spacial score (nSPS) is 13.5. The van der Waals surface area contributed by atoms with Crippen molar-refractivity contribution in [3.63, 3.8) is 0 Å². The molecule has 5 nitrogen and oxygen atoms in total. The average Bonchev–Trinajstić information content (AvgIpc) is 2.90. The number of nitrogens with zero attached hydrogens (tertiary/aromatic N) is 1. The Morgan fingerprint density at radius 3 is 2.61 bits per heavy atom. The Balaban J connectivity index is 1.67. The van der Waals surface area contributed by atoms with Gasteiger partial charge in [0.15, 0.2) is 12.4 Å². The van der Waals surface area contributed by atoms with Gasteiger partial charge in [-0.3, -0.25) is 4.79 Å². The molecule has 23 heavy (non-hydrogen) atoms. The minimum absolute atomic E-state index is 0.196. The minimum atomic E-state index is -0.576. The van der Waals surface area contributed by atoms with E-state index >= 15 is 0 Å². The van der Waals surface area contributed by atoms with Crippen LogP contribution in [0, 0.1) is 13.8 Å². The lowest BCUT2D eigenvalue weighted by Gasteiger charge is -2.16. The summed E-state index contributed by atoms with van der Waals surface area (Å²) in [5.41, 5.74) is 3.91. The zero-order valence-corrected chi connectivity index (χ0v) is 13.3. The minimum Gasteiger partial charge on any atom is -0.454 e. The van der Waals surface area contributed by atoms with E-state index < -0.39 is 5.97 Å². The third-order valence-corrected chi connectivity index (χ3v) is 4.24. The molecule has 5 heteroatoms. The first-order chi connectivity index (χ1) is 11.1. The van der Waals surface area contributed by atoms with E-state index in [2.05, 4.69) is 5.16 Å². The topological polar surface area (TPSA) is 69.4 Å². The summed E-state index contributed by atoms with van der Waals surface area (Å²) in [6.07, 6.45) is 4.45. The van der Waals surface area contributed by atoms with Crippen LogP contribution in [-0.2, 0) is 17.6 Å². The molecule has 3 rings (SSSR count). The van der Waals surface area contributed by atoms with Gasteiger partial charge in [-0.1, -0.05) is 17.3 Å². The molecule has 2 aromatic rings. The van der Waals surface area contributed by atoms with Crippen LogP contribution in [0.3, 0.4) is 0 Å². The molecule has 0 amide bonds. The maximum Gasteiger partial charge on any atom is 0.344 e. The molecule has 0 spiro atoms. The highest BCUT2D eigenvalue weighted by molar-refractivity contribution is 5.99. The maximum atomic E-state index is 12.3. The molecule has 1 heterocycles. The van der Waals surface area contributed by atoms with Gasteiger partial charge in [0.25, 0.3) is 0 Å². The van der Waals surface area contributed by atoms with E-state index in [0.717, 1.165) is 19.3 Å². The molecule has 0 radical (unpaired) electrons. The number of fused-ring (bicyclic) bond motifs is 1. The molecule has 0 saturated carbocycles. The largest absolute Gasteiger partial charge is 0.454 e. The van der Waals surface area contributed by atoms with Crippen LogP contribution in [0.5, 0.6) is 0 Å². The Morgan fingerprint density at radius 1 is 1.17 bits per heavy atom. The van der Waals surface area contributed by atoms with Crippen LogP contribution in [0.2, 0.25) is 0 Å². The van der Waals surface area contributed by atoms with Crippen molar-refractivity contribution in [2.24, 2.45) is 0 Å². The number of benzene rings is 1. The summed E-state index contributed by atoms with van der Waals surface area (Å²) in [4.78, 5) is 24.3. The number of rotatable bonds is 4. The van der Waals surface area contributed by atoms with Crippen LogP contribution < -0.4 is 0 Å². The van der Waals surface area contributed by atoms with Gasteiger partial charge in [-0.15, -0.1) is 0 Å². The number of aryl methyl sites for hydroxylation is 4. The van der Waals surface area contributed by atoms with E-state index in [4.69, 9.17) is 9.26 Å². The van der Waals surface area contributed by atoms with Crippen molar-refractivity contribution >= 4 is 11.8 Å². The quantitative estimate of drug-likeness (QED) is 0.640. The standard InChI is InChI=1S/C18H19NO4/c1-11-17(12(2)23-19-11)18(21)22-10-16(20)15-8-7-13-5-3-4-6-14(13)9-15/h7-9H,3-6,10H2,1-2H3. The zero-order valence-electron chi connectivity index (χ0n) is 13.3. The third kappa shape index (κ3) is 3.18. The van der Waals surface area contributed by atoms with Crippen LogP contribution in [0.15, 0.2) is 22.7 Å². The van der Waals surface area contributed by atoms with Gasteiger partial charge in [0.05, 0.1) is 5.69 Å². The number of esters is 1. The SMILES string of the molecule is Cc1noc(C)c1C(=O)OCC(=O)c1ccc2c(c1)CCCC2. The highest BCUT2D eigenvalue weighted by atomic mass is 16.5. The third-order valence-electron chi connectivity index (χ3n) is 4.24. The van der Waals surface area contributed by atoms with Crippen molar-refractivity contribution in [1.82, 2.24) is 5.16 Å². The number of aromatic nitrogens is 1. The Morgan fingerprint density at radius 2 is 1.91 bits per heavy atom. The van der Waals surface area contributed by atoms with Gasteiger partial charge in [-0.05, 0) is 56.7 Å². The molecule has 1 aliphatic carbocycles. The molecule has 0 fully saturated rings. The number of ether oxygens (including phenoxy) is 1. The second kappa shape index (κ2) is 6.36. The Labute approximate surface area is 134 Å². The van der Waals surface area contributed by atoms with Crippen LogP contribution in [-0.4, -0.2) is 23.5 Å². The molecule has 1 aromatic heterocycles. The molecule has 1 aliphatic rings. The Bertz CT molecular complexity index is 741. The monoisotopic (exact) mass is 313 g/mol. The lowest BCUT2D eigenvalue weighted by Crippen LogP contribution is -2.16. The van der Waals surface area contributed by atoms with Gasteiger partial charge in [-0.25, -0.2) is 4.79 Å². The molecule has 120 valence electrons. The van der Waals surface area contributed by atoms with Crippen LogP contribution in [0.25, 0.3) is 0 Å². The summed E-state index contributed by atoms with van der Waals surface area (Å²) >= 11 is 0. The summed E-state index contributed by atoms with van der Waals surface area (Å²) in [6, 6.07) is 5.76. The second-order valence-electron chi connectivity index (χ2n) is 5.89. The average molecular weight is 313 g/mol. The Hall–Kier alpha value is -2.43. The lowest BCUT2D eigenvalue weighted by molar-refractivity contribution is 0.0472. The summed E-state index contributed by atoms with van der Waals surface area (Å²) < 4.78 is 10.1. The van der Waals surface area contributed by atoms with Gasteiger partial charge in [-0.2, -0.15) is 0 Å². The van der Waals surface area contributed by atoms with Crippen molar-refractivity contribution in [1.29, 1.82) is 0 Å². The molecule has 0 unspecified atom stereocenters. The van der Waals surface area contributed by atoms with E-state index in [9.17, 15) is 9.59 Å². The first-order valence-corrected chi connectivity index (χ1v) is 7.81. The number of ketones is 1. The number of carbonyl (C=O) groups excluding carboxylic acids is 2. The van der Waals surface area contributed by atoms with E-state index in [0.29, 0.717) is 22.6 Å². The smallest absolute Gasteiger partial charge is 0.344 e. The first kappa shape index (κ1) is 15.5. The fraction of sp³-hybridized carbons (Fsp3) is 0.389.